The highest BCUT2D eigenvalue weighted by Crippen LogP contribution is 2.27. The van der Waals surface area contributed by atoms with Gasteiger partial charge in [0.05, 0.1) is 0 Å². The molecule has 28 heavy (non-hydrogen) atoms. The summed E-state index contributed by atoms with van der Waals surface area (Å²) in [5.74, 6) is 0.110. The zero-order chi connectivity index (χ0) is 20.7. The Kier molecular flexibility index (Phi) is 8.55. The lowest BCUT2D eigenvalue weighted by Gasteiger charge is -2.26. The summed E-state index contributed by atoms with van der Waals surface area (Å²) in [6, 6.07) is 7.87. The Bertz CT molecular complexity index is 663. The lowest BCUT2D eigenvalue weighted by atomic mass is 9.61. The van der Waals surface area contributed by atoms with Gasteiger partial charge in [0.25, 0.3) is 0 Å². The lowest BCUT2D eigenvalue weighted by molar-refractivity contribution is -0.129. The Balaban J connectivity index is 1.87. The highest BCUT2D eigenvalue weighted by Gasteiger charge is 2.28. The Morgan fingerprint density at radius 3 is 2.50 bits per heavy atom. The first kappa shape index (κ1) is 22.5. The number of carbonyl (C=O) groups is 2. The van der Waals surface area contributed by atoms with Gasteiger partial charge in [0.2, 0.25) is 11.8 Å². The number of fused-ring (bicyclic) bond motifs is 1. The number of amides is 2. The molecule has 1 aliphatic rings. The van der Waals surface area contributed by atoms with Gasteiger partial charge in [0, 0.05) is 12.4 Å². The van der Waals surface area contributed by atoms with Crippen LogP contribution in [0.3, 0.4) is 0 Å². The van der Waals surface area contributed by atoms with Crippen LogP contribution in [0.25, 0.3) is 0 Å². The van der Waals surface area contributed by atoms with Crippen molar-refractivity contribution in [3.05, 3.63) is 35.4 Å². The van der Waals surface area contributed by atoms with E-state index < -0.39 is 13.0 Å². The number of benzene rings is 1. The molecule has 3 N–H and O–H groups in total. The average Bonchev–Trinajstić information content (AvgIpc) is 2.64. The van der Waals surface area contributed by atoms with Crippen molar-refractivity contribution in [3.8, 4) is 0 Å². The fourth-order valence-electron chi connectivity index (χ4n) is 3.98. The molecule has 0 saturated carbocycles. The van der Waals surface area contributed by atoms with Gasteiger partial charge < -0.3 is 15.7 Å². The van der Waals surface area contributed by atoms with Gasteiger partial charge in [-0.05, 0) is 55.1 Å². The Hall–Kier alpha value is -1.82. The molecular weight excluding hydrogens is 351 g/mol. The molecule has 5 nitrogen and oxygen atoms in total. The molecule has 0 aromatic heterocycles. The molecule has 154 valence electrons. The maximum absolute atomic E-state index is 12.6. The van der Waals surface area contributed by atoms with Gasteiger partial charge in [-0.15, -0.1) is 0 Å². The standard InChI is InChI=1S/C22H35BN2O3/c1-5-19(22(27)25-20(23(4)28)12-15(2)3)24-21(26)14-16-10-11-17-8-6-7-9-18(17)13-16/h6-9,15-16,19-20,28H,5,10-14H2,1-4H3,(H,24,26)(H,25,27). The van der Waals surface area contributed by atoms with Crippen molar-refractivity contribution in [1.29, 1.82) is 0 Å². The number of aryl methyl sites for hydroxylation is 1. The Morgan fingerprint density at radius 1 is 1.21 bits per heavy atom. The second-order valence-electron chi connectivity index (χ2n) is 8.60. The second-order valence-corrected chi connectivity index (χ2v) is 8.60. The lowest BCUT2D eigenvalue weighted by Crippen LogP contribution is -2.53. The summed E-state index contributed by atoms with van der Waals surface area (Å²) >= 11 is 0. The van der Waals surface area contributed by atoms with E-state index in [2.05, 4.69) is 48.7 Å². The molecule has 6 heteroatoms. The van der Waals surface area contributed by atoms with E-state index in [1.807, 2.05) is 6.92 Å². The molecular formula is C22H35BN2O3. The minimum absolute atomic E-state index is 0.0659. The molecule has 0 fully saturated rings. The summed E-state index contributed by atoms with van der Waals surface area (Å²) in [4.78, 5) is 25.2. The molecule has 0 saturated heterocycles. The fourth-order valence-corrected chi connectivity index (χ4v) is 3.98. The fraction of sp³-hybridized carbons (Fsp3) is 0.636. The molecule has 0 spiro atoms. The summed E-state index contributed by atoms with van der Waals surface area (Å²) in [5, 5.41) is 15.8. The first-order valence-corrected chi connectivity index (χ1v) is 10.6. The molecule has 3 unspecified atom stereocenters. The van der Waals surface area contributed by atoms with Crippen LogP contribution in [0.4, 0.5) is 0 Å². The topological polar surface area (TPSA) is 78.4 Å². The molecule has 0 radical (unpaired) electrons. The highest BCUT2D eigenvalue weighted by molar-refractivity contribution is 6.51. The third kappa shape index (κ3) is 6.66. The van der Waals surface area contributed by atoms with E-state index in [9.17, 15) is 14.6 Å². The van der Waals surface area contributed by atoms with E-state index in [-0.39, 0.29) is 17.8 Å². The third-order valence-electron chi connectivity index (χ3n) is 5.62. The molecule has 3 atom stereocenters. The van der Waals surface area contributed by atoms with Crippen LogP contribution in [-0.2, 0) is 22.4 Å². The van der Waals surface area contributed by atoms with Crippen LogP contribution >= 0.6 is 0 Å². The monoisotopic (exact) mass is 386 g/mol. The first-order chi connectivity index (χ1) is 13.3. The van der Waals surface area contributed by atoms with E-state index in [1.54, 1.807) is 6.82 Å². The van der Waals surface area contributed by atoms with Crippen LogP contribution in [0, 0.1) is 11.8 Å². The van der Waals surface area contributed by atoms with Crippen LogP contribution < -0.4 is 10.6 Å². The van der Waals surface area contributed by atoms with Crippen LogP contribution in [-0.4, -0.2) is 35.7 Å². The summed E-state index contributed by atoms with van der Waals surface area (Å²) in [7, 11) is 0. The zero-order valence-electron chi connectivity index (χ0n) is 17.7. The maximum Gasteiger partial charge on any atom is 0.308 e. The van der Waals surface area contributed by atoms with Crippen molar-refractivity contribution in [1.82, 2.24) is 10.6 Å². The molecule has 0 heterocycles. The molecule has 1 aliphatic carbocycles. The van der Waals surface area contributed by atoms with Gasteiger partial charge in [0.15, 0.2) is 0 Å². The average molecular weight is 386 g/mol. The van der Waals surface area contributed by atoms with E-state index in [0.717, 1.165) is 19.3 Å². The smallest absolute Gasteiger partial charge is 0.308 e. The van der Waals surface area contributed by atoms with Gasteiger partial charge in [-0.25, -0.2) is 0 Å². The maximum atomic E-state index is 12.6. The number of rotatable bonds is 9. The van der Waals surface area contributed by atoms with Crippen molar-refractivity contribution in [2.24, 2.45) is 11.8 Å². The van der Waals surface area contributed by atoms with Crippen LogP contribution in [0.1, 0.15) is 57.6 Å². The van der Waals surface area contributed by atoms with Gasteiger partial charge in [0.1, 0.15) is 6.04 Å². The summed E-state index contributed by atoms with van der Waals surface area (Å²) in [6.45, 7) is 7.07. The van der Waals surface area contributed by atoms with Gasteiger partial charge >= 0.3 is 6.92 Å². The zero-order valence-corrected chi connectivity index (χ0v) is 17.7. The summed E-state index contributed by atoms with van der Waals surface area (Å²) in [5.41, 5.74) is 2.73. The molecule has 1 aromatic carbocycles. The molecule has 2 amide bonds. The third-order valence-corrected chi connectivity index (χ3v) is 5.62. The minimum Gasteiger partial charge on any atom is -0.449 e. The first-order valence-electron chi connectivity index (χ1n) is 10.6. The SMILES string of the molecule is CCC(NC(=O)CC1CCc2ccccc2C1)C(=O)NC(CC(C)C)B(C)O. The largest absolute Gasteiger partial charge is 0.449 e. The predicted octanol–water partition coefficient (Wildman–Crippen LogP) is 2.76. The predicted molar refractivity (Wildman–Crippen MR) is 114 cm³/mol. The van der Waals surface area contributed by atoms with E-state index in [1.165, 1.54) is 11.1 Å². The van der Waals surface area contributed by atoms with E-state index >= 15 is 0 Å². The molecule has 2 rings (SSSR count). The molecule has 0 aliphatic heterocycles. The summed E-state index contributed by atoms with van der Waals surface area (Å²) < 4.78 is 0. The van der Waals surface area contributed by atoms with Gasteiger partial charge in [-0.1, -0.05) is 51.9 Å². The summed E-state index contributed by atoms with van der Waals surface area (Å²) in [6.07, 6.45) is 4.62. The normalized spacial score (nSPS) is 18.1. The van der Waals surface area contributed by atoms with Gasteiger partial charge in [-0.3, -0.25) is 9.59 Å². The Morgan fingerprint density at radius 2 is 1.89 bits per heavy atom. The van der Waals surface area contributed by atoms with Crippen molar-refractivity contribution in [2.75, 3.05) is 0 Å². The van der Waals surface area contributed by atoms with Crippen LogP contribution in [0.2, 0.25) is 6.82 Å². The Labute approximate surface area is 169 Å². The quantitative estimate of drug-likeness (QED) is 0.571. The van der Waals surface area contributed by atoms with Crippen molar-refractivity contribution >= 4 is 18.7 Å². The van der Waals surface area contributed by atoms with E-state index in [0.29, 0.717) is 31.1 Å². The molecule has 0 bridgehead atoms. The number of hydrogen-bond acceptors (Lipinski definition) is 3. The van der Waals surface area contributed by atoms with Gasteiger partial charge in [-0.2, -0.15) is 0 Å². The van der Waals surface area contributed by atoms with Crippen LogP contribution in [0.15, 0.2) is 24.3 Å². The highest BCUT2D eigenvalue weighted by atomic mass is 16.2. The molecule has 1 aromatic rings. The van der Waals surface area contributed by atoms with Crippen LogP contribution in [0.5, 0.6) is 0 Å². The second kappa shape index (κ2) is 10.7. The van der Waals surface area contributed by atoms with E-state index in [4.69, 9.17) is 0 Å². The van der Waals surface area contributed by atoms with Crippen molar-refractivity contribution in [3.63, 3.8) is 0 Å². The number of hydrogen-bond donors (Lipinski definition) is 3. The number of nitrogens with one attached hydrogen (secondary N) is 2. The van der Waals surface area contributed by atoms with Crippen molar-refractivity contribution < 1.29 is 14.6 Å². The van der Waals surface area contributed by atoms with Crippen molar-refractivity contribution in [2.45, 2.75) is 78.1 Å². The number of carbonyl (C=O) groups excluding carboxylic acids is 2. The minimum atomic E-state index is -0.623.